The number of carbonyl (C=O) groups is 1. The zero-order chi connectivity index (χ0) is 29.2. The number of hydrogen-bond donors (Lipinski definition) is 2. The van der Waals surface area contributed by atoms with Gasteiger partial charge in [-0.05, 0) is 49.1 Å². The summed E-state index contributed by atoms with van der Waals surface area (Å²) in [5.41, 5.74) is 4.03. The highest BCUT2D eigenvalue weighted by Gasteiger charge is 2.55. The van der Waals surface area contributed by atoms with Gasteiger partial charge in [-0.1, -0.05) is 45.0 Å². The van der Waals surface area contributed by atoms with Crippen LogP contribution in [0.4, 0.5) is 4.79 Å². The minimum Gasteiger partial charge on any atom is -0.447 e. The van der Waals surface area contributed by atoms with E-state index >= 15 is 0 Å². The summed E-state index contributed by atoms with van der Waals surface area (Å²) in [7, 11) is 3.67. The number of aliphatic hydroxyl groups is 1. The molecule has 0 unspecified atom stereocenters. The van der Waals surface area contributed by atoms with Crippen LogP contribution in [0.3, 0.4) is 0 Å². The Balaban J connectivity index is 1.36. The third-order valence-electron chi connectivity index (χ3n) is 8.86. The normalized spacial score (nSPS) is 19.1. The maximum Gasteiger partial charge on any atom is 0.409 e. The Hall–Kier alpha value is -3.27. The number of piperidine rings is 1. The molecule has 1 aromatic carbocycles. The number of carbonyl (C=O) groups excluding carboxylic acids is 1. The number of rotatable bonds is 9. The first kappa shape index (κ1) is 29.2. The first-order valence-corrected chi connectivity index (χ1v) is 14.6. The smallest absolute Gasteiger partial charge is 0.409 e. The summed E-state index contributed by atoms with van der Waals surface area (Å²) in [5.74, 6) is 0.694. The Morgan fingerprint density at radius 1 is 1.12 bits per heavy atom. The summed E-state index contributed by atoms with van der Waals surface area (Å²) >= 11 is 0. The molecule has 0 aliphatic carbocycles. The van der Waals surface area contributed by atoms with Gasteiger partial charge in [0.2, 0.25) is 0 Å². The Bertz CT molecular complexity index is 1330. The molecule has 1 amide bonds. The predicted molar refractivity (Wildman–Crippen MR) is 158 cm³/mol. The molecule has 0 spiro atoms. The fraction of sp³-hybridized carbons (Fsp3) is 0.531. The summed E-state index contributed by atoms with van der Waals surface area (Å²) in [4.78, 5) is 20.8. The molecule has 0 bridgehead atoms. The second-order valence-electron chi connectivity index (χ2n) is 12.3. The van der Waals surface area contributed by atoms with Crippen molar-refractivity contribution in [3.8, 4) is 11.3 Å². The van der Waals surface area contributed by atoms with Gasteiger partial charge in [-0.3, -0.25) is 10.1 Å². The predicted octanol–water partition coefficient (Wildman–Crippen LogP) is 4.75. The van der Waals surface area contributed by atoms with E-state index in [9.17, 15) is 9.90 Å². The van der Waals surface area contributed by atoms with E-state index in [0.717, 1.165) is 54.0 Å². The number of methoxy groups -OCH3 is 1. The van der Waals surface area contributed by atoms with E-state index in [1.807, 2.05) is 6.07 Å². The fourth-order valence-electron chi connectivity index (χ4n) is 6.49. The van der Waals surface area contributed by atoms with Gasteiger partial charge in [0.15, 0.2) is 0 Å². The summed E-state index contributed by atoms with van der Waals surface area (Å²) in [6.45, 7) is 10.0. The molecule has 220 valence electrons. The van der Waals surface area contributed by atoms with Crippen molar-refractivity contribution in [1.29, 1.82) is 0 Å². The molecular weight excluding hydrogens is 518 g/mol. The van der Waals surface area contributed by atoms with Gasteiger partial charge in [-0.25, -0.2) is 4.79 Å². The molecule has 4 heterocycles. The average molecular weight is 562 g/mol. The first-order chi connectivity index (χ1) is 19.6. The maximum atomic E-state index is 12.6. The number of aromatic nitrogens is 3. The van der Waals surface area contributed by atoms with Gasteiger partial charge in [0.1, 0.15) is 12.2 Å². The van der Waals surface area contributed by atoms with Crippen LogP contribution >= 0.6 is 0 Å². The van der Waals surface area contributed by atoms with Crippen LogP contribution in [0, 0.1) is 5.41 Å². The number of ether oxygens (including phenoxy) is 2. The Kier molecular flexibility index (Phi) is 8.50. The highest BCUT2D eigenvalue weighted by Crippen LogP contribution is 2.50. The number of amides is 1. The van der Waals surface area contributed by atoms with Crippen LogP contribution in [0.5, 0.6) is 0 Å². The van der Waals surface area contributed by atoms with Crippen molar-refractivity contribution in [2.75, 3.05) is 53.6 Å². The van der Waals surface area contributed by atoms with Crippen LogP contribution in [0.25, 0.3) is 11.3 Å². The van der Waals surface area contributed by atoms with Gasteiger partial charge in [0.25, 0.3) is 0 Å². The van der Waals surface area contributed by atoms with Gasteiger partial charge in [-0.2, -0.15) is 5.10 Å². The lowest BCUT2D eigenvalue weighted by Gasteiger charge is -2.55. The molecule has 2 N–H and O–H groups in total. The molecule has 5 rings (SSSR count). The van der Waals surface area contributed by atoms with Crippen LogP contribution in [0.2, 0.25) is 0 Å². The molecule has 0 saturated carbocycles. The third kappa shape index (κ3) is 5.76. The average Bonchev–Trinajstić information content (AvgIpc) is 3.47. The Morgan fingerprint density at radius 3 is 2.46 bits per heavy atom. The second-order valence-corrected chi connectivity index (χ2v) is 12.3. The van der Waals surface area contributed by atoms with Crippen molar-refractivity contribution in [1.82, 2.24) is 25.0 Å². The van der Waals surface area contributed by atoms with Gasteiger partial charge < -0.3 is 24.4 Å². The fourth-order valence-corrected chi connectivity index (χ4v) is 6.49. The first-order valence-electron chi connectivity index (χ1n) is 14.6. The van der Waals surface area contributed by atoms with Crippen LogP contribution in [-0.4, -0.2) is 89.7 Å². The minimum absolute atomic E-state index is 0.264. The number of nitrogens with zero attached hydrogens (tertiary/aromatic N) is 4. The lowest BCUT2D eigenvalue weighted by atomic mass is 9.62. The second kappa shape index (κ2) is 11.9. The molecular formula is C32H43N5O4. The quantitative estimate of drug-likeness (QED) is 0.364. The van der Waals surface area contributed by atoms with E-state index in [1.165, 1.54) is 5.56 Å². The minimum atomic E-state index is -1.21. The molecule has 2 aliphatic rings. The van der Waals surface area contributed by atoms with Crippen LogP contribution in [-0.2, 0) is 15.1 Å². The standard InChI is InChI=1S/C32H43N5O4/c1-22(2)23-6-8-26(9-7-23)32(39,31(3)20-36(4)21-31)27-16-25(18-33-19-27)29-17-28(34-35-29)24-10-12-37(13-11-24)30(38)41-15-14-40-5/h6-9,16-19,22,24,39H,10-15,20-21H2,1-5H3,(H,34,35)/t32-/m0/s1. The van der Waals surface area contributed by atoms with Crippen molar-refractivity contribution in [2.24, 2.45) is 5.41 Å². The van der Waals surface area contributed by atoms with Gasteiger partial charge in [0.05, 0.1) is 12.3 Å². The molecule has 2 aromatic heterocycles. The van der Waals surface area contributed by atoms with Crippen molar-refractivity contribution in [3.63, 3.8) is 0 Å². The zero-order valence-electron chi connectivity index (χ0n) is 24.9. The number of pyridine rings is 1. The van der Waals surface area contributed by atoms with E-state index in [1.54, 1.807) is 24.4 Å². The third-order valence-corrected chi connectivity index (χ3v) is 8.86. The molecule has 41 heavy (non-hydrogen) atoms. The van der Waals surface area contributed by atoms with Crippen molar-refractivity contribution in [2.45, 2.75) is 51.0 Å². The maximum absolute atomic E-state index is 12.6. The summed E-state index contributed by atoms with van der Waals surface area (Å²) < 4.78 is 10.2. The zero-order valence-corrected chi connectivity index (χ0v) is 24.9. The van der Waals surface area contributed by atoms with E-state index < -0.39 is 5.60 Å². The van der Waals surface area contributed by atoms with Crippen LogP contribution < -0.4 is 0 Å². The molecule has 0 radical (unpaired) electrons. The molecule has 2 fully saturated rings. The molecule has 1 atom stereocenters. The number of nitrogens with one attached hydrogen (secondary N) is 1. The summed E-state index contributed by atoms with van der Waals surface area (Å²) in [6.07, 6.45) is 4.97. The molecule has 2 aliphatic heterocycles. The largest absolute Gasteiger partial charge is 0.447 e. The summed E-state index contributed by atoms with van der Waals surface area (Å²) in [5, 5.41) is 20.4. The number of hydrogen-bond acceptors (Lipinski definition) is 7. The number of aromatic amines is 1. The van der Waals surface area contributed by atoms with Crippen molar-refractivity contribution in [3.05, 3.63) is 71.2 Å². The van der Waals surface area contributed by atoms with Crippen LogP contribution in [0.15, 0.2) is 48.8 Å². The van der Waals surface area contributed by atoms with Gasteiger partial charge >= 0.3 is 6.09 Å². The van der Waals surface area contributed by atoms with Crippen molar-refractivity contribution < 1.29 is 19.4 Å². The van der Waals surface area contributed by atoms with Crippen LogP contribution in [0.1, 0.15) is 67.8 Å². The van der Waals surface area contributed by atoms with Gasteiger partial charge in [-0.15, -0.1) is 0 Å². The van der Waals surface area contributed by atoms with E-state index in [2.05, 4.69) is 78.2 Å². The van der Waals surface area contributed by atoms with E-state index in [4.69, 9.17) is 9.47 Å². The molecule has 3 aromatic rings. The molecule has 9 heteroatoms. The summed E-state index contributed by atoms with van der Waals surface area (Å²) in [6, 6.07) is 12.5. The molecule has 9 nitrogen and oxygen atoms in total. The monoisotopic (exact) mass is 561 g/mol. The molecule has 2 saturated heterocycles. The van der Waals surface area contributed by atoms with E-state index in [0.29, 0.717) is 25.6 Å². The number of likely N-dealkylation sites (tertiary alicyclic amines) is 2. The Morgan fingerprint density at radius 2 is 1.83 bits per heavy atom. The lowest BCUT2D eigenvalue weighted by molar-refractivity contribution is -0.127. The topological polar surface area (TPSA) is 104 Å². The Labute approximate surface area is 242 Å². The van der Waals surface area contributed by atoms with Crippen molar-refractivity contribution >= 4 is 6.09 Å². The number of H-pyrrole nitrogens is 1. The lowest BCUT2D eigenvalue weighted by Crippen LogP contribution is -2.63. The number of benzene rings is 1. The van der Waals surface area contributed by atoms with Gasteiger partial charge in [0, 0.05) is 73.8 Å². The SMILES string of the molecule is COCCOC(=O)N1CCC(c2cc(-c3cncc([C@@](O)(c4ccc(C(C)C)cc4)C4(C)CN(C)C4)c3)n[nH]2)CC1. The highest BCUT2D eigenvalue weighted by atomic mass is 16.6. The van der Waals surface area contributed by atoms with E-state index in [-0.39, 0.29) is 24.0 Å². The highest BCUT2D eigenvalue weighted by molar-refractivity contribution is 5.67.